The summed E-state index contributed by atoms with van der Waals surface area (Å²) in [7, 11) is 1.75. The van der Waals surface area contributed by atoms with Crippen molar-refractivity contribution >= 4 is 0 Å². The van der Waals surface area contributed by atoms with Crippen LogP contribution in [0.15, 0.2) is 18.2 Å². The number of methoxy groups -OCH3 is 1. The number of ether oxygens (including phenoxy) is 1. The zero-order valence-electron chi connectivity index (χ0n) is 13.3. The molecule has 0 fully saturated rings. The second-order valence-corrected chi connectivity index (χ2v) is 5.79. The molecule has 2 heteroatoms. The number of benzene rings is 1. The zero-order valence-corrected chi connectivity index (χ0v) is 13.3. The highest BCUT2D eigenvalue weighted by atomic mass is 16.5. The highest BCUT2D eigenvalue weighted by Crippen LogP contribution is 2.25. The van der Waals surface area contributed by atoms with Crippen molar-refractivity contribution in [2.75, 3.05) is 13.7 Å². The molecule has 0 aromatic heterocycles. The van der Waals surface area contributed by atoms with Gasteiger partial charge >= 0.3 is 0 Å². The van der Waals surface area contributed by atoms with Gasteiger partial charge in [-0.1, -0.05) is 45.4 Å². The van der Waals surface area contributed by atoms with Crippen molar-refractivity contribution in [2.45, 2.75) is 47.1 Å². The molecule has 2 nitrogen and oxygen atoms in total. The molecule has 2 atom stereocenters. The zero-order chi connectivity index (χ0) is 14.4. The van der Waals surface area contributed by atoms with Crippen molar-refractivity contribution in [3.63, 3.8) is 0 Å². The van der Waals surface area contributed by atoms with Gasteiger partial charge in [-0.15, -0.1) is 0 Å². The standard InChI is InChI=1S/C17H29NO/c1-7-18-16(14(5)12(2)3)11-15-10-13(4)8-9-17(15)19-6/h8-10,12,14,16,18H,7,11H2,1-6H3. The van der Waals surface area contributed by atoms with Gasteiger partial charge in [0.2, 0.25) is 0 Å². The summed E-state index contributed by atoms with van der Waals surface area (Å²) in [6, 6.07) is 6.93. The summed E-state index contributed by atoms with van der Waals surface area (Å²) in [6.45, 7) is 12.2. The molecule has 0 aliphatic rings. The minimum atomic E-state index is 0.501. The Kier molecular flexibility index (Phi) is 6.36. The van der Waals surface area contributed by atoms with E-state index in [0.717, 1.165) is 18.7 Å². The molecule has 108 valence electrons. The van der Waals surface area contributed by atoms with Crippen molar-refractivity contribution < 1.29 is 4.74 Å². The van der Waals surface area contributed by atoms with E-state index in [1.165, 1.54) is 11.1 Å². The monoisotopic (exact) mass is 263 g/mol. The first-order chi connectivity index (χ1) is 8.99. The highest BCUT2D eigenvalue weighted by molar-refractivity contribution is 5.37. The Morgan fingerprint density at radius 1 is 1.21 bits per heavy atom. The molecule has 1 aromatic rings. The second-order valence-electron chi connectivity index (χ2n) is 5.79. The van der Waals surface area contributed by atoms with Crippen molar-refractivity contribution in [2.24, 2.45) is 11.8 Å². The van der Waals surface area contributed by atoms with Gasteiger partial charge in [0.05, 0.1) is 7.11 Å². The van der Waals surface area contributed by atoms with Crippen LogP contribution in [0.4, 0.5) is 0 Å². The van der Waals surface area contributed by atoms with Crippen molar-refractivity contribution in [3.05, 3.63) is 29.3 Å². The maximum absolute atomic E-state index is 5.49. The first-order valence-corrected chi connectivity index (χ1v) is 7.36. The van der Waals surface area contributed by atoms with Crippen LogP contribution < -0.4 is 10.1 Å². The molecule has 0 heterocycles. The van der Waals surface area contributed by atoms with Crippen LogP contribution in [0, 0.1) is 18.8 Å². The van der Waals surface area contributed by atoms with Crippen LogP contribution in [0.25, 0.3) is 0 Å². The molecule has 2 unspecified atom stereocenters. The fraction of sp³-hybridized carbons (Fsp3) is 0.647. The average molecular weight is 263 g/mol. The predicted octanol–water partition coefficient (Wildman–Crippen LogP) is 3.82. The molecule has 1 aromatic carbocycles. The Hall–Kier alpha value is -1.02. The quantitative estimate of drug-likeness (QED) is 0.807. The Labute approximate surface area is 118 Å². The largest absolute Gasteiger partial charge is 0.496 e. The molecule has 0 bridgehead atoms. The molecular weight excluding hydrogens is 234 g/mol. The third-order valence-electron chi connectivity index (χ3n) is 4.03. The molecule has 19 heavy (non-hydrogen) atoms. The lowest BCUT2D eigenvalue weighted by atomic mass is 9.86. The summed E-state index contributed by atoms with van der Waals surface area (Å²) in [5.41, 5.74) is 2.60. The smallest absolute Gasteiger partial charge is 0.122 e. The molecule has 0 aliphatic heterocycles. The molecule has 0 aliphatic carbocycles. The maximum atomic E-state index is 5.49. The Balaban J connectivity index is 2.92. The fourth-order valence-electron chi connectivity index (χ4n) is 2.47. The van der Waals surface area contributed by atoms with E-state index in [0.29, 0.717) is 17.9 Å². The van der Waals surface area contributed by atoms with Gasteiger partial charge < -0.3 is 10.1 Å². The van der Waals surface area contributed by atoms with Gasteiger partial charge in [-0.25, -0.2) is 0 Å². The molecule has 1 N–H and O–H groups in total. The Morgan fingerprint density at radius 2 is 1.89 bits per heavy atom. The van der Waals surface area contributed by atoms with Crippen LogP contribution in [0.5, 0.6) is 5.75 Å². The first kappa shape index (κ1) is 16.0. The van der Waals surface area contributed by atoms with E-state index in [4.69, 9.17) is 4.74 Å². The van der Waals surface area contributed by atoms with Crippen LogP contribution in [0.2, 0.25) is 0 Å². The van der Waals surface area contributed by atoms with Gasteiger partial charge in [0.25, 0.3) is 0 Å². The summed E-state index contributed by atoms with van der Waals surface area (Å²) < 4.78 is 5.49. The molecule has 0 saturated heterocycles. The Morgan fingerprint density at radius 3 is 2.42 bits per heavy atom. The summed E-state index contributed by atoms with van der Waals surface area (Å²) in [6.07, 6.45) is 1.03. The van der Waals surface area contributed by atoms with Crippen LogP contribution >= 0.6 is 0 Å². The van der Waals surface area contributed by atoms with Gasteiger partial charge in [0.15, 0.2) is 0 Å². The number of likely N-dealkylation sites (N-methyl/N-ethyl adjacent to an activating group) is 1. The number of hydrogen-bond donors (Lipinski definition) is 1. The third kappa shape index (κ3) is 4.54. The van der Waals surface area contributed by atoms with E-state index >= 15 is 0 Å². The van der Waals surface area contributed by atoms with Crippen LogP contribution in [-0.2, 0) is 6.42 Å². The number of nitrogens with one attached hydrogen (secondary N) is 1. The van der Waals surface area contributed by atoms with Crippen molar-refractivity contribution in [1.82, 2.24) is 5.32 Å². The van der Waals surface area contributed by atoms with Crippen LogP contribution in [-0.4, -0.2) is 19.7 Å². The summed E-state index contributed by atoms with van der Waals surface area (Å²) in [5.74, 6) is 2.33. The molecule has 0 radical (unpaired) electrons. The topological polar surface area (TPSA) is 21.3 Å². The van der Waals surface area contributed by atoms with E-state index in [1.807, 2.05) is 0 Å². The number of rotatable bonds is 7. The lowest BCUT2D eigenvalue weighted by Crippen LogP contribution is -2.39. The van der Waals surface area contributed by atoms with Gasteiger partial charge in [0.1, 0.15) is 5.75 Å². The molecule has 0 spiro atoms. The summed E-state index contributed by atoms with van der Waals surface area (Å²) in [4.78, 5) is 0. The normalized spacial score (nSPS) is 14.5. The minimum absolute atomic E-state index is 0.501. The summed E-state index contributed by atoms with van der Waals surface area (Å²) in [5, 5.41) is 3.63. The van der Waals surface area contributed by atoms with Crippen molar-refractivity contribution in [3.8, 4) is 5.75 Å². The lowest BCUT2D eigenvalue weighted by Gasteiger charge is -2.28. The first-order valence-electron chi connectivity index (χ1n) is 7.36. The molecule has 0 saturated carbocycles. The second kappa shape index (κ2) is 7.54. The fourth-order valence-corrected chi connectivity index (χ4v) is 2.47. The SMILES string of the molecule is CCNC(Cc1cc(C)ccc1OC)C(C)C(C)C. The Bertz CT molecular complexity index is 387. The summed E-state index contributed by atoms with van der Waals surface area (Å²) >= 11 is 0. The van der Waals surface area contributed by atoms with E-state index in [-0.39, 0.29) is 0 Å². The highest BCUT2D eigenvalue weighted by Gasteiger charge is 2.21. The van der Waals surface area contributed by atoms with E-state index in [2.05, 4.69) is 58.1 Å². The molecule has 1 rings (SSSR count). The lowest BCUT2D eigenvalue weighted by molar-refractivity contribution is 0.297. The minimum Gasteiger partial charge on any atom is -0.496 e. The maximum Gasteiger partial charge on any atom is 0.122 e. The van der Waals surface area contributed by atoms with E-state index < -0.39 is 0 Å². The predicted molar refractivity (Wildman–Crippen MR) is 82.9 cm³/mol. The average Bonchev–Trinajstić information content (AvgIpc) is 2.37. The van der Waals surface area contributed by atoms with Gasteiger partial charge in [-0.05, 0) is 43.4 Å². The third-order valence-corrected chi connectivity index (χ3v) is 4.03. The van der Waals surface area contributed by atoms with Gasteiger partial charge in [0, 0.05) is 6.04 Å². The number of aryl methyl sites for hydroxylation is 1. The van der Waals surface area contributed by atoms with E-state index in [9.17, 15) is 0 Å². The van der Waals surface area contributed by atoms with Crippen LogP contribution in [0.1, 0.15) is 38.8 Å². The van der Waals surface area contributed by atoms with Gasteiger partial charge in [-0.3, -0.25) is 0 Å². The molecular formula is C17H29NO. The molecule has 0 amide bonds. The number of hydrogen-bond acceptors (Lipinski definition) is 2. The van der Waals surface area contributed by atoms with Crippen molar-refractivity contribution in [1.29, 1.82) is 0 Å². The van der Waals surface area contributed by atoms with Crippen LogP contribution in [0.3, 0.4) is 0 Å². The van der Waals surface area contributed by atoms with Gasteiger partial charge in [-0.2, -0.15) is 0 Å². The van der Waals surface area contributed by atoms with E-state index in [1.54, 1.807) is 7.11 Å².